The van der Waals surface area contributed by atoms with Gasteiger partial charge in [-0.2, -0.15) is 4.98 Å². The molecule has 1 N–H and O–H groups in total. The van der Waals surface area contributed by atoms with Crippen LogP contribution in [0.5, 0.6) is 0 Å². The third kappa shape index (κ3) is 4.28. The van der Waals surface area contributed by atoms with Crippen LogP contribution in [-0.4, -0.2) is 54.2 Å². The number of guanidine groups is 1. The van der Waals surface area contributed by atoms with Gasteiger partial charge in [0.2, 0.25) is 11.7 Å². The molecule has 1 fully saturated rings. The fourth-order valence-electron chi connectivity index (χ4n) is 3.15. The molecule has 0 atom stereocenters. The molecule has 4 rings (SSSR count). The zero-order valence-electron chi connectivity index (χ0n) is 15.5. The summed E-state index contributed by atoms with van der Waals surface area (Å²) in [4.78, 5) is 13.5. The first-order valence-corrected chi connectivity index (χ1v) is 10.3. The van der Waals surface area contributed by atoms with Gasteiger partial charge in [0.25, 0.3) is 0 Å². The van der Waals surface area contributed by atoms with Gasteiger partial charge < -0.3 is 19.6 Å². The third-order valence-corrected chi connectivity index (χ3v) is 5.72. The number of aliphatic imine (C=N–C) groups is 1. The predicted molar refractivity (Wildman–Crippen MR) is 113 cm³/mol. The van der Waals surface area contributed by atoms with Crippen LogP contribution in [0.3, 0.4) is 0 Å². The number of hydrogen-bond acceptors (Lipinski definition) is 6. The molecule has 1 aliphatic rings. The maximum atomic E-state index is 6.03. The average molecular weight is 417 g/mol. The van der Waals surface area contributed by atoms with Gasteiger partial charge in [0.15, 0.2) is 5.96 Å². The van der Waals surface area contributed by atoms with E-state index in [2.05, 4.69) is 47.8 Å². The van der Waals surface area contributed by atoms with E-state index in [1.165, 1.54) is 5.00 Å². The maximum absolute atomic E-state index is 6.03. The van der Waals surface area contributed by atoms with Crippen LogP contribution >= 0.6 is 22.9 Å². The standard InChI is InChI=1S/C19H21ClN6OS/c1-21-19(26-9-7-25(8-10-26)17-6-3-11-28-17)22-13-16-23-18(24-27-16)14-4-2-5-15(20)12-14/h2-6,11-12H,7-10,13H2,1H3,(H,21,22). The van der Waals surface area contributed by atoms with E-state index >= 15 is 0 Å². The van der Waals surface area contributed by atoms with Crippen LogP contribution in [0.25, 0.3) is 11.4 Å². The molecule has 28 heavy (non-hydrogen) atoms. The van der Waals surface area contributed by atoms with Gasteiger partial charge in [-0.15, -0.1) is 11.3 Å². The summed E-state index contributed by atoms with van der Waals surface area (Å²) in [5.74, 6) is 1.88. The summed E-state index contributed by atoms with van der Waals surface area (Å²) in [5, 5.41) is 11.4. The Balaban J connectivity index is 1.33. The van der Waals surface area contributed by atoms with Crippen LogP contribution in [-0.2, 0) is 6.54 Å². The molecule has 2 aromatic heterocycles. The highest BCUT2D eigenvalue weighted by molar-refractivity contribution is 7.14. The molecule has 1 aromatic carbocycles. The molecule has 0 bridgehead atoms. The van der Waals surface area contributed by atoms with Crippen LogP contribution < -0.4 is 10.2 Å². The summed E-state index contributed by atoms with van der Waals surface area (Å²) >= 11 is 7.81. The maximum Gasteiger partial charge on any atom is 0.246 e. The van der Waals surface area contributed by atoms with Crippen molar-refractivity contribution in [3.63, 3.8) is 0 Å². The van der Waals surface area contributed by atoms with Crippen molar-refractivity contribution >= 4 is 33.9 Å². The number of thiophene rings is 1. The summed E-state index contributed by atoms with van der Waals surface area (Å²) in [5.41, 5.74) is 0.830. The first-order chi connectivity index (χ1) is 13.7. The minimum Gasteiger partial charge on any atom is -0.360 e. The van der Waals surface area contributed by atoms with E-state index in [0.717, 1.165) is 37.7 Å². The lowest BCUT2D eigenvalue weighted by molar-refractivity contribution is 0.355. The van der Waals surface area contributed by atoms with Gasteiger partial charge in [-0.3, -0.25) is 4.99 Å². The molecule has 146 valence electrons. The number of piperazine rings is 1. The highest BCUT2D eigenvalue weighted by atomic mass is 35.5. The number of halogens is 1. The largest absolute Gasteiger partial charge is 0.360 e. The second kappa shape index (κ2) is 8.62. The van der Waals surface area contributed by atoms with E-state index in [-0.39, 0.29) is 0 Å². The van der Waals surface area contributed by atoms with E-state index in [1.807, 2.05) is 24.3 Å². The van der Waals surface area contributed by atoms with Gasteiger partial charge in [0.1, 0.15) is 0 Å². The van der Waals surface area contributed by atoms with Crippen molar-refractivity contribution in [2.45, 2.75) is 6.54 Å². The summed E-state index contributed by atoms with van der Waals surface area (Å²) in [6.45, 7) is 4.19. The normalized spacial score (nSPS) is 15.1. The second-order valence-corrected chi connectivity index (χ2v) is 7.71. The molecule has 0 unspecified atom stereocenters. The van der Waals surface area contributed by atoms with Crippen LogP contribution in [0, 0.1) is 0 Å². The number of aromatic nitrogens is 2. The zero-order valence-corrected chi connectivity index (χ0v) is 17.1. The highest BCUT2D eigenvalue weighted by Gasteiger charge is 2.20. The topological polar surface area (TPSA) is 69.8 Å². The molecule has 7 nitrogen and oxygen atoms in total. The molecule has 1 aliphatic heterocycles. The van der Waals surface area contributed by atoms with Gasteiger partial charge in [-0.1, -0.05) is 28.9 Å². The molecule has 0 amide bonds. The Kier molecular flexibility index (Phi) is 5.78. The lowest BCUT2D eigenvalue weighted by Crippen LogP contribution is -2.52. The molecule has 3 aromatic rings. The quantitative estimate of drug-likeness (QED) is 0.519. The molecule has 3 heterocycles. The molecule has 9 heteroatoms. The van der Waals surface area contributed by atoms with E-state index in [9.17, 15) is 0 Å². The van der Waals surface area contributed by atoms with Gasteiger partial charge in [-0.05, 0) is 29.6 Å². The zero-order chi connectivity index (χ0) is 19.3. The minimum absolute atomic E-state index is 0.422. The summed E-state index contributed by atoms with van der Waals surface area (Å²) in [7, 11) is 1.79. The SMILES string of the molecule is CN=C(NCc1nc(-c2cccc(Cl)c2)no1)N1CCN(c2cccs2)CC1. The molecule has 1 saturated heterocycles. The Morgan fingerprint density at radius 2 is 2.11 bits per heavy atom. The average Bonchev–Trinajstić information content (AvgIpc) is 3.41. The summed E-state index contributed by atoms with van der Waals surface area (Å²) < 4.78 is 5.36. The molecule has 0 saturated carbocycles. The number of hydrogen-bond donors (Lipinski definition) is 1. The van der Waals surface area contributed by atoms with Gasteiger partial charge in [-0.25, -0.2) is 0 Å². The molecule has 0 aliphatic carbocycles. The number of rotatable bonds is 4. The van der Waals surface area contributed by atoms with Crippen molar-refractivity contribution in [1.29, 1.82) is 0 Å². The first kappa shape index (κ1) is 18.8. The number of nitrogens with zero attached hydrogens (tertiary/aromatic N) is 5. The molecular formula is C19H21ClN6OS. The number of benzene rings is 1. The van der Waals surface area contributed by atoms with Gasteiger partial charge >= 0.3 is 0 Å². The van der Waals surface area contributed by atoms with Crippen LogP contribution in [0.2, 0.25) is 5.02 Å². The van der Waals surface area contributed by atoms with Crippen LogP contribution in [0.4, 0.5) is 5.00 Å². The van der Waals surface area contributed by atoms with Gasteiger partial charge in [0, 0.05) is 43.8 Å². The second-order valence-electron chi connectivity index (χ2n) is 6.35. The van der Waals surface area contributed by atoms with Crippen LogP contribution in [0.1, 0.15) is 5.89 Å². The van der Waals surface area contributed by atoms with Crippen molar-refractivity contribution < 1.29 is 4.52 Å². The fraction of sp³-hybridized carbons (Fsp3) is 0.316. The molecule has 0 spiro atoms. The Bertz CT molecular complexity index is 934. The Hall–Kier alpha value is -2.58. The summed E-state index contributed by atoms with van der Waals surface area (Å²) in [6, 6.07) is 11.7. The van der Waals surface area contributed by atoms with E-state index < -0.39 is 0 Å². The molecular weight excluding hydrogens is 396 g/mol. The van der Waals surface area contributed by atoms with Gasteiger partial charge in [0.05, 0.1) is 11.5 Å². The van der Waals surface area contributed by atoms with Crippen molar-refractivity contribution in [3.8, 4) is 11.4 Å². The Morgan fingerprint density at radius 1 is 1.25 bits per heavy atom. The monoisotopic (exact) mass is 416 g/mol. The lowest BCUT2D eigenvalue weighted by Gasteiger charge is -2.36. The van der Waals surface area contributed by atoms with Crippen molar-refractivity contribution in [3.05, 3.63) is 52.7 Å². The third-order valence-electron chi connectivity index (χ3n) is 4.56. The Morgan fingerprint density at radius 3 is 2.82 bits per heavy atom. The van der Waals surface area contributed by atoms with E-state index in [1.54, 1.807) is 18.4 Å². The van der Waals surface area contributed by atoms with Crippen molar-refractivity contribution in [2.75, 3.05) is 38.1 Å². The highest BCUT2D eigenvalue weighted by Crippen LogP contribution is 2.22. The number of anilines is 1. The molecule has 0 radical (unpaired) electrons. The summed E-state index contributed by atoms with van der Waals surface area (Å²) in [6.07, 6.45) is 0. The van der Waals surface area contributed by atoms with Crippen molar-refractivity contribution in [1.82, 2.24) is 20.4 Å². The number of nitrogens with one attached hydrogen (secondary N) is 1. The van der Waals surface area contributed by atoms with Crippen LogP contribution in [0.15, 0.2) is 51.3 Å². The predicted octanol–water partition coefficient (Wildman–Crippen LogP) is 3.35. The van der Waals surface area contributed by atoms with Crippen molar-refractivity contribution in [2.24, 2.45) is 4.99 Å². The van der Waals surface area contributed by atoms with E-state index in [4.69, 9.17) is 16.1 Å². The minimum atomic E-state index is 0.422. The smallest absolute Gasteiger partial charge is 0.246 e. The van der Waals surface area contributed by atoms with E-state index in [0.29, 0.717) is 23.3 Å². The Labute approximate surface area is 172 Å². The first-order valence-electron chi connectivity index (χ1n) is 9.05. The fourth-order valence-corrected chi connectivity index (χ4v) is 4.12. The lowest BCUT2D eigenvalue weighted by atomic mass is 10.2.